The maximum Gasteiger partial charge on any atom is 0.253 e. The Morgan fingerprint density at radius 1 is 0.893 bits per heavy atom. The average Bonchev–Trinajstić information content (AvgIpc) is 3.31. The van der Waals surface area contributed by atoms with E-state index >= 15 is 0 Å². The van der Waals surface area contributed by atoms with E-state index < -0.39 is 12.0 Å². The molecule has 2 aromatic carbocycles. The van der Waals surface area contributed by atoms with E-state index in [4.69, 9.17) is 11.6 Å². The van der Waals surface area contributed by atoms with Crippen LogP contribution in [0.4, 0.5) is 5.69 Å². The predicted octanol–water partition coefficient (Wildman–Crippen LogP) is 3.49. The topological polar surface area (TPSA) is 43.9 Å². The van der Waals surface area contributed by atoms with Gasteiger partial charge < -0.3 is 0 Å². The van der Waals surface area contributed by atoms with Gasteiger partial charge in [-0.25, -0.2) is 14.9 Å². The number of amides is 2. The molecule has 0 aliphatic carbocycles. The molecule has 3 fully saturated rings. The van der Waals surface area contributed by atoms with Gasteiger partial charge in [0, 0.05) is 18.1 Å². The first-order valence-corrected chi connectivity index (χ1v) is 10.1. The lowest BCUT2D eigenvalue weighted by Gasteiger charge is -2.30. The zero-order valence-corrected chi connectivity index (χ0v) is 16.7. The van der Waals surface area contributed by atoms with Crippen molar-refractivity contribution in [1.29, 1.82) is 0 Å². The highest BCUT2D eigenvalue weighted by molar-refractivity contribution is 6.32. The largest absolute Gasteiger partial charge is 0.274 e. The van der Waals surface area contributed by atoms with E-state index in [0.29, 0.717) is 10.7 Å². The van der Waals surface area contributed by atoms with Crippen molar-refractivity contribution in [2.24, 2.45) is 5.92 Å². The second-order valence-electron chi connectivity index (χ2n) is 7.95. The maximum absolute atomic E-state index is 13.5. The van der Waals surface area contributed by atoms with E-state index in [1.807, 2.05) is 13.0 Å². The normalized spacial score (nSPS) is 27.5. The first-order chi connectivity index (χ1) is 13.5. The minimum Gasteiger partial charge on any atom is -0.274 e. The number of carbonyl (C=O) groups is 2. The van der Waals surface area contributed by atoms with Gasteiger partial charge in [0.05, 0.1) is 17.6 Å². The van der Waals surface area contributed by atoms with Gasteiger partial charge in [-0.05, 0) is 43.5 Å². The number of hydrazine groups is 1. The Morgan fingerprint density at radius 3 is 2.25 bits per heavy atom. The number of fused-ring (bicyclic) bond motifs is 3. The Hall–Kier alpha value is -2.21. The van der Waals surface area contributed by atoms with Crippen molar-refractivity contribution in [3.05, 3.63) is 64.2 Å². The van der Waals surface area contributed by atoms with Crippen molar-refractivity contribution in [1.82, 2.24) is 10.0 Å². The van der Waals surface area contributed by atoms with Crippen molar-refractivity contribution in [2.75, 3.05) is 18.0 Å². The summed E-state index contributed by atoms with van der Waals surface area (Å²) < 4.78 is 0. The van der Waals surface area contributed by atoms with Gasteiger partial charge in [0.15, 0.2) is 0 Å². The fourth-order valence-corrected chi connectivity index (χ4v) is 5.03. The lowest BCUT2D eigenvalue weighted by Crippen LogP contribution is -2.44. The molecule has 144 valence electrons. The lowest BCUT2D eigenvalue weighted by atomic mass is 9.89. The number of benzene rings is 2. The van der Waals surface area contributed by atoms with Crippen LogP contribution >= 0.6 is 11.6 Å². The van der Waals surface area contributed by atoms with Crippen molar-refractivity contribution in [3.8, 4) is 0 Å². The van der Waals surface area contributed by atoms with Crippen LogP contribution in [-0.4, -0.2) is 41.0 Å². The molecular weight excluding hydrogens is 374 g/mol. The highest BCUT2D eigenvalue weighted by Crippen LogP contribution is 2.49. The molecule has 6 heteroatoms. The van der Waals surface area contributed by atoms with Gasteiger partial charge in [-0.3, -0.25) is 9.59 Å². The molecule has 2 amide bonds. The second kappa shape index (κ2) is 6.41. The molecule has 0 N–H and O–H groups in total. The third kappa shape index (κ3) is 2.47. The molecule has 0 spiro atoms. The SMILES string of the molecule is Cc1ccc([C@H]2[C@@H]3C(=O)N(c4ccc(C)c(Cl)c4)C(=O)[C@H]3N3CCCN23)cc1. The summed E-state index contributed by atoms with van der Waals surface area (Å²) in [7, 11) is 0. The molecular formula is C22H22ClN3O2. The van der Waals surface area contributed by atoms with Gasteiger partial charge in [0.2, 0.25) is 5.91 Å². The van der Waals surface area contributed by atoms with Crippen LogP contribution in [0.25, 0.3) is 0 Å². The standard InChI is InChI=1S/C22H22ClN3O2/c1-13-4-7-15(8-5-13)19-18-20(25-11-3-10-24(19)25)22(28)26(21(18)27)16-9-6-14(2)17(23)12-16/h4-9,12,18-20H,3,10-11H2,1-2H3/t18-,19-,20-/m0/s1. The summed E-state index contributed by atoms with van der Waals surface area (Å²) in [4.78, 5) is 28.2. The smallest absolute Gasteiger partial charge is 0.253 e. The number of rotatable bonds is 2. The molecule has 3 aliphatic rings. The molecule has 0 saturated carbocycles. The predicted molar refractivity (Wildman–Crippen MR) is 108 cm³/mol. The van der Waals surface area contributed by atoms with Gasteiger partial charge in [-0.2, -0.15) is 0 Å². The van der Waals surface area contributed by atoms with E-state index in [-0.39, 0.29) is 17.9 Å². The zero-order valence-electron chi connectivity index (χ0n) is 15.9. The highest BCUT2D eigenvalue weighted by atomic mass is 35.5. The lowest BCUT2D eigenvalue weighted by molar-refractivity contribution is -0.126. The molecule has 0 bridgehead atoms. The van der Waals surface area contributed by atoms with Gasteiger partial charge in [0.25, 0.3) is 5.91 Å². The number of anilines is 1. The second-order valence-corrected chi connectivity index (χ2v) is 8.36. The number of hydrogen-bond acceptors (Lipinski definition) is 4. The van der Waals surface area contributed by atoms with Gasteiger partial charge in [-0.15, -0.1) is 0 Å². The zero-order chi connectivity index (χ0) is 19.6. The molecule has 3 atom stereocenters. The maximum atomic E-state index is 13.5. The number of carbonyl (C=O) groups excluding carboxylic acids is 2. The number of halogens is 1. The Bertz CT molecular complexity index is 974. The molecule has 5 rings (SSSR count). The monoisotopic (exact) mass is 395 g/mol. The highest BCUT2D eigenvalue weighted by Gasteiger charge is 2.62. The molecule has 0 radical (unpaired) electrons. The van der Waals surface area contributed by atoms with Crippen LogP contribution in [0.5, 0.6) is 0 Å². The molecule has 3 saturated heterocycles. The molecule has 0 unspecified atom stereocenters. The van der Waals surface area contributed by atoms with Crippen LogP contribution in [0.3, 0.4) is 0 Å². The fraction of sp³-hybridized carbons (Fsp3) is 0.364. The molecule has 0 aromatic heterocycles. The number of aryl methyl sites for hydroxylation is 2. The number of imide groups is 1. The third-order valence-corrected chi connectivity index (χ3v) is 6.65. The van der Waals surface area contributed by atoms with E-state index in [2.05, 4.69) is 41.2 Å². The minimum atomic E-state index is -0.429. The Labute approximate surface area is 169 Å². The van der Waals surface area contributed by atoms with E-state index in [9.17, 15) is 9.59 Å². The third-order valence-electron chi connectivity index (χ3n) is 6.24. The van der Waals surface area contributed by atoms with Crippen molar-refractivity contribution in [2.45, 2.75) is 32.4 Å². The van der Waals surface area contributed by atoms with Crippen LogP contribution in [-0.2, 0) is 9.59 Å². The van der Waals surface area contributed by atoms with Crippen LogP contribution in [0.15, 0.2) is 42.5 Å². The van der Waals surface area contributed by atoms with E-state index in [0.717, 1.165) is 30.6 Å². The average molecular weight is 396 g/mol. The van der Waals surface area contributed by atoms with Crippen molar-refractivity contribution in [3.63, 3.8) is 0 Å². The number of nitrogens with zero attached hydrogens (tertiary/aromatic N) is 3. The first kappa shape index (κ1) is 17.9. The van der Waals surface area contributed by atoms with Gasteiger partial charge in [0.1, 0.15) is 6.04 Å². The summed E-state index contributed by atoms with van der Waals surface area (Å²) in [5.74, 6) is -0.665. The van der Waals surface area contributed by atoms with Gasteiger partial charge >= 0.3 is 0 Å². The first-order valence-electron chi connectivity index (χ1n) is 9.71. The van der Waals surface area contributed by atoms with Crippen LogP contribution in [0.1, 0.15) is 29.2 Å². The molecule has 5 nitrogen and oxygen atoms in total. The Balaban J connectivity index is 1.58. The molecule has 3 aliphatic heterocycles. The van der Waals surface area contributed by atoms with Crippen molar-refractivity contribution >= 4 is 29.1 Å². The quantitative estimate of drug-likeness (QED) is 0.730. The molecule has 3 heterocycles. The summed E-state index contributed by atoms with van der Waals surface area (Å²) in [5.41, 5.74) is 3.76. The summed E-state index contributed by atoms with van der Waals surface area (Å²) >= 11 is 6.27. The van der Waals surface area contributed by atoms with Crippen LogP contribution in [0, 0.1) is 19.8 Å². The van der Waals surface area contributed by atoms with Gasteiger partial charge in [-0.1, -0.05) is 47.5 Å². The summed E-state index contributed by atoms with van der Waals surface area (Å²) in [6, 6.07) is 13.2. The van der Waals surface area contributed by atoms with Crippen LogP contribution in [0.2, 0.25) is 5.02 Å². The molecule has 2 aromatic rings. The van der Waals surface area contributed by atoms with Crippen LogP contribution < -0.4 is 4.90 Å². The summed E-state index contributed by atoms with van der Waals surface area (Å²) in [5, 5.41) is 4.91. The Morgan fingerprint density at radius 2 is 1.57 bits per heavy atom. The van der Waals surface area contributed by atoms with E-state index in [1.165, 1.54) is 10.5 Å². The minimum absolute atomic E-state index is 0.101. The number of hydrogen-bond donors (Lipinski definition) is 0. The van der Waals surface area contributed by atoms with Crippen molar-refractivity contribution < 1.29 is 9.59 Å². The Kier molecular flexibility index (Phi) is 4.09. The summed E-state index contributed by atoms with van der Waals surface area (Å²) in [6.07, 6.45) is 1.00. The van der Waals surface area contributed by atoms with E-state index in [1.54, 1.807) is 12.1 Å². The molecule has 28 heavy (non-hydrogen) atoms. The summed E-state index contributed by atoms with van der Waals surface area (Å²) in [6.45, 7) is 5.65. The fourth-order valence-electron chi connectivity index (χ4n) is 4.85.